The van der Waals surface area contributed by atoms with Gasteiger partial charge in [0.2, 0.25) is 0 Å². The second-order valence-electron chi connectivity index (χ2n) is 5.45. The average Bonchev–Trinajstić information content (AvgIpc) is 3.10. The van der Waals surface area contributed by atoms with E-state index in [0.29, 0.717) is 6.54 Å². The van der Waals surface area contributed by atoms with Crippen LogP contribution in [0.4, 0.5) is 10.5 Å². The number of rotatable bonds is 3. The third kappa shape index (κ3) is 3.12. The molecule has 6 nitrogen and oxygen atoms in total. The van der Waals surface area contributed by atoms with Crippen molar-refractivity contribution in [3.8, 4) is 5.69 Å². The van der Waals surface area contributed by atoms with Gasteiger partial charge in [0.25, 0.3) is 0 Å². The summed E-state index contributed by atoms with van der Waals surface area (Å²) in [6, 6.07) is 9.16. The van der Waals surface area contributed by atoms with Gasteiger partial charge in [-0.25, -0.2) is 9.48 Å². The van der Waals surface area contributed by atoms with E-state index < -0.39 is 0 Å². The lowest BCUT2D eigenvalue weighted by atomic mass is 10.0. The van der Waals surface area contributed by atoms with Gasteiger partial charge in [0.1, 0.15) is 0 Å². The van der Waals surface area contributed by atoms with Crippen LogP contribution in [0.2, 0.25) is 0 Å². The van der Waals surface area contributed by atoms with Crippen molar-refractivity contribution in [1.29, 1.82) is 0 Å². The van der Waals surface area contributed by atoms with Gasteiger partial charge in [-0.05, 0) is 49.6 Å². The van der Waals surface area contributed by atoms with Gasteiger partial charge in [0, 0.05) is 24.6 Å². The van der Waals surface area contributed by atoms with Gasteiger partial charge in [-0.2, -0.15) is 5.10 Å². The molecule has 3 rings (SSSR count). The summed E-state index contributed by atoms with van der Waals surface area (Å²) < 4.78 is 1.76. The van der Waals surface area contributed by atoms with Crippen LogP contribution in [0.3, 0.4) is 0 Å². The molecule has 1 aromatic carbocycles. The van der Waals surface area contributed by atoms with Crippen LogP contribution in [-0.2, 0) is 0 Å². The minimum atomic E-state index is -0.148. The lowest BCUT2D eigenvalue weighted by molar-refractivity contribution is 0.115. The van der Waals surface area contributed by atoms with Crippen LogP contribution in [0, 0.1) is 0 Å². The number of hydrogen-bond donors (Lipinski definition) is 2. The molecular formula is C16H20N4O2. The number of hydrogen-bond acceptors (Lipinski definition) is 3. The van der Waals surface area contributed by atoms with Crippen LogP contribution < -0.4 is 5.32 Å². The number of benzene rings is 1. The van der Waals surface area contributed by atoms with Crippen molar-refractivity contribution in [2.75, 3.05) is 18.5 Å². The van der Waals surface area contributed by atoms with E-state index in [9.17, 15) is 9.90 Å². The van der Waals surface area contributed by atoms with Gasteiger partial charge in [0.15, 0.2) is 0 Å². The number of nitrogens with zero attached hydrogens (tertiary/aromatic N) is 3. The first-order valence-corrected chi connectivity index (χ1v) is 7.56. The van der Waals surface area contributed by atoms with E-state index in [1.807, 2.05) is 36.5 Å². The molecule has 6 heteroatoms. The molecule has 22 heavy (non-hydrogen) atoms. The molecule has 0 saturated carbocycles. The molecule has 0 aliphatic carbocycles. The first-order valence-electron chi connectivity index (χ1n) is 7.56. The number of carbonyl (C=O) groups is 1. The zero-order valence-corrected chi connectivity index (χ0v) is 12.4. The van der Waals surface area contributed by atoms with Gasteiger partial charge in [0.05, 0.1) is 18.3 Å². The second-order valence-corrected chi connectivity index (χ2v) is 5.45. The number of likely N-dealkylation sites (tertiary alicyclic amines) is 1. The fourth-order valence-corrected chi connectivity index (χ4v) is 2.77. The van der Waals surface area contributed by atoms with Crippen LogP contribution in [-0.4, -0.2) is 45.0 Å². The Kier molecular flexibility index (Phi) is 4.39. The smallest absolute Gasteiger partial charge is 0.322 e. The van der Waals surface area contributed by atoms with Crippen molar-refractivity contribution < 1.29 is 9.90 Å². The van der Waals surface area contributed by atoms with E-state index in [0.717, 1.165) is 30.6 Å². The number of piperidine rings is 1. The maximum Gasteiger partial charge on any atom is 0.322 e. The van der Waals surface area contributed by atoms with Crippen molar-refractivity contribution in [1.82, 2.24) is 14.7 Å². The Morgan fingerprint density at radius 1 is 1.32 bits per heavy atom. The Hall–Kier alpha value is -2.34. The van der Waals surface area contributed by atoms with Gasteiger partial charge in [-0.1, -0.05) is 0 Å². The number of aromatic nitrogens is 2. The van der Waals surface area contributed by atoms with Crippen LogP contribution >= 0.6 is 0 Å². The highest BCUT2D eigenvalue weighted by molar-refractivity contribution is 5.89. The summed E-state index contributed by atoms with van der Waals surface area (Å²) in [7, 11) is 0. The zero-order chi connectivity index (χ0) is 15.4. The normalized spacial score (nSPS) is 18.2. The highest BCUT2D eigenvalue weighted by Gasteiger charge is 2.25. The van der Waals surface area contributed by atoms with Crippen molar-refractivity contribution in [3.63, 3.8) is 0 Å². The fourth-order valence-electron chi connectivity index (χ4n) is 2.77. The Bertz CT molecular complexity index is 610. The molecule has 1 unspecified atom stereocenters. The Morgan fingerprint density at radius 2 is 2.14 bits per heavy atom. The second kappa shape index (κ2) is 6.62. The first kappa shape index (κ1) is 14.6. The summed E-state index contributed by atoms with van der Waals surface area (Å²) >= 11 is 0. The number of carbonyl (C=O) groups excluding carboxylic acids is 1. The molecule has 0 radical (unpaired) electrons. The number of urea groups is 1. The first-order chi connectivity index (χ1) is 10.8. The highest BCUT2D eigenvalue weighted by atomic mass is 16.3. The Balaban J connectivity index is 1.66. The van der Waals surface area contributed by atoms with Gasteiger partial charge >= 0.3 is 6.03 Å². The molecule has 0 spiro atoms. The molecule has 1 aliphatic heterocycles. The van der Waals surface area contributed by atoms with E-state index >= 15 is 0 Å². The summed E-state index contributed by atoms with van der Waals surface area (Å²) in [5.74, 6) is 0. The third-order valence-corrected chi connectivity index (χ3v) is 3.99. The monoisotopic (exact) mass is 300 g/mol. The standard InChI is InChI=1S/C16H20N4O2/c21-12-15-4-1-2-10-19(15)16(22)18-13-5-7-14(8-6-13)20-11-3-9-17-20/h3,5-9,11,15,21H,1-2,4,10,12H2,(H,18,22). The van der Waals surface area contributed by atoms with Crippen molar-refractivity contribution >= 4 is 11.7 Å². The minimum absolute atomic E-state index is 0.0195. The molecule has 0 bridgehead atoms. The van der Waals surface area contributed by atoms with Gasteiger partial charge in [-0.3, -0.25) is 0 Å². The lowest BCUT2D eigenvalue weighted by Crippen LogP contribution is -2.47. The van der Waals surface area contributed by atoms with Crippen molar-refractivity contribution in [3.05, 3.63) is 42.7 Å². The number of aliphatic hydroxyl groups is 1. The van der Waals surface area contributed by atoms with Gasteiger partial charge in [-0.15, -0.1) is 0 Å². The molecule has 2 heterocycles. The molecule has 2 amide bonds. The van der Waals surface area contributed by atoms with E-state index in [2.05, 4.69) is 10.4 Å². The fraction of sp³-hybridized carbons (Fsp3) is 0.375. The molecule has 2 aromatic rings. The SMILES string of the molecule is O=C(Nc1ccc(-n2cccn2)cc1)N1CCCCC1CO. The van der Waals surface area contributed by atoms with Crippen molar-refractivity contribution in [2.45, 2.75) is 25.3 Å². The predicted molar refractivity (Wildman–Crippen MR) is 84.0 cm³/mol. The van der Waals surface area contributed by atoms with Crippen LogP contribution in [0.15, 0.2) is 42.7 Å². The molecule has 1 saturated heterocycles. The van der Waals surface area contributed by atoms with E-state index in [1.165, 1.54) is 0 Å². The third-order valence-electron chi connectivity index (χ3n) is 3.99. The van der Waals surface area contributed by atoms with Crippen LogP contribution in [0.5, 0.6) is 0 Å². The summed E-state index contributed by atoms with van der Waals surface area (Å²) in [4.78, 5) is 14.1. The predicted octanol–water partition coefficient (Wildman–Crippen LogP) is 2.25. The number of aliphatic hydroxyl groups excluding tert-OH is 1. The molecule has 1 aliphatic rings. The minimum Gasteiger partial charge on any atom is -0.394 e. The number of amides is 2. The number of nitrogens with one attached hydrogen (secondary N) is 1. The summed E-state index contributed by atoms with van der Waals surface area (Å²) in [6.45, 7) is 0.716. The van der Waals surface area contributed by atoms with Crippen molar-refractivity contribution in [2.24, 2.45) is 0 Å². The average molecular weight is 300 g/mol. The quantitative estimate of drug-likeness (QED) is 0.913. The largest absolute Gasteiger partial charge is 0.394 e. The summed E-state index contributed by atoms with van der Waals surface area (Å²) in [5.41, 5.74) is 1.68. The maximum absolute atomic E-state index is 12.3. The van der Waals surface area contributed by atoms with E-state index in [4.69, 9.17) is 0 Å². The molecule has 1 atom stereocenters. The molecular weight excluding hydrogens is 280 g/mol. The number of anilines is 1. The Labute approximate surface area is 129 Å². The molecule has 2 N–H and O–H groups in total. The molecule has 1 fully saturated rings. The zero-order valence-electron chi connectivity index (χ0n) is 12.4. The van der Waals surface area contributed by atoms with Gasteiger partial charge < -0.3 is 15.3 Å². The summed E-state index contributed by atoms with van der Waals surface area (Å²) in [6.07, 6.45) is 6.51. The highest BCUT2D eigenvalue weighted by Crippen LogP contribution is 2.19. The lowest BCUT2D eigenvalue weighted by Gasteiger charge is -2.34. The van der Waals surface area contributed by atoms with E-state index in [1.54, 1.807) is 15.8 Å². The topological polar surface area (TPSA) is 70.4 Å². The Morgan fingerprint density at radius 3 is 2.82 bits per heavy atom. The molecule has 116 valence electrons. The molecule has 1 aromatic heterocycles. The summed E-state index contributed by atoms with van der Waals surface area (Å²) in [5, 5.41) is 16.4. The van der Waals surface area contributed by atoms with E-state index in [-0.39, 0.29) is 18.7 Å². The van der Waals surface area contributed by atoms with Crippen LogP contribution in [0.1, 0.15) is 19.3 Å². The van der Waals surface area contributed by atoms with Crippen LogP contribution in [0.25, 0.3) is 5.69 Å². The maximum atomic E-state index is 12.3.